The van der Waals surface area contributed by atoms with Gasteiger partial charge in [-0.25, -0.2) is 9.18 Å². The summed E-state index contributed by atoms with van der Waals surface area (Å²) >= 11 is 0. The van der Waals surface area contributed by atoms with Crippen molar-refractivity contribution in [2.24, 2.45) is 7.05 Å². The molecule has 166 valence electrons. The average Bonchev–Trinajstić information content (AvgIpc) is 2.78. The van der Waals surface area contributed by atoms with Crippen molar-refractivity contribution < 1.29 is 14.0 Å². The summed E-state index contributed by atoms with van der Waals surface area (Å²) in [5.74, 6) is -1.14. The van der Waals surface area contributed by atoms with Gasteiger partial charge in [-0.15, -0.1) is 0 Å². The molecule has 0 unspecified atom stereocenters. The molecule has 2 N–H and O–H groups in total. The molecule has 2 aromatic carbocycles. The topological polar surface area (TPSA) is 93.1 Å². The van der Waals surface area contributed by atoms with Gasteiger partial charge in [0.05, 0.1) is 5.52 Å². The molecule has 0 radical (unpaired) electrons. The van der Waals surface area contributed by atoms with E-state index in [2.05, 4.69) is 15.6 Å². The number of benzene rings is 2. The molecule has 0 spiro atoms. The van der Waals surface area contributed by atoms with Gasteiger partial charge in [0.25, 0.3) is 11.5 Å². The van der Waals surface area contributed by atoms with Crippen LogP contribution >= 0.6 is 0 Å². The number of nitrogens with one attached hydrogen (secondary N) is 2. The predicted octanol–water partition coefficient (Wildman–Crippen LogP) is 4.32. The fourth-order valence-electron chi connectivity index (χ4n) is 3.59. The van der Waals surface area contributed by atoms with Crippen LogP contribution < -0.4 is 16.2 Å². The lowest BCUT2D eigenvalue weighted by Gasteiger charge is -2.13. The van der Waals surface area contributed by atoms with Crippen LogP contribution in [-0.4, -0.2) is 21.5 Å². The number of imide groups is 1. The molecule has 4 aromatic rings. The maximum Gasteiger partial charge on any atom is 0.326 e. The van der Waals surface area contributed by atoms with Crippen LogP contribution in [-0.2, 0) is 7.05 Å². The molecule has 0 atom stereocenters. The number of carbonyl (C=O) groups excluding carboxylic acids is 2. The molecule has 0 bridgehead atoms. The molecule has 7 nitrogen and oxygen atoms in total. The Labute approximate surface area is 188 Å². The normalized spacial score (nSPS) is 10.8. The van der Waals surface area contributed by atoms with E-state index in [0.717, 1.165) is 34.3 Å². The first-order valence-electron chi connectivity index (χ1n) is 10.2. The van der Waals surface area contributed by atoms with E-state index in [1.807, 2.05) is 19.9 Å². The summed E-state index contributed by atoms with van der Waals surface area (Å²) < 4.78 is 14.6. The molecule has 0 aliphatic carbocycles. The molecule has 2 aromatic heterocycles. The summed E-state index contributed by atoms with van der Waals surface area (Å²) in [4.78, 5) is 41.9. The lowest BCUT2D eigenvalue weighted by molar-refractivity contribution is 0.0967. The van der Waals surface area contributed by atoms with Gasteiger partial charge < -0.3 is 9.88 Å². The molecular formula is C25H21FN4O3. The zero-order valence-corrected chi connectivity index (χ0v) is 18.3. The standard InChI is InChI=1S/C25H21FN4O3/c1-14-4-9-19(28-25(33)29-23(31)16-5-7-18(26)8-6-16)12-20(14)21-11-17-13-27-15(2)10-22(17)30(3)24(21)32/h4-13H,1-3H3,(H2,28,29,31,33). The van der Waals surface area contributed by atoms with Crippen molar-refractivity contribution in [3.63, 3.8) is 0 Å². The molecular weight excluding hydrogens is 423 g/mol. The fourth-order valence-corrected chi connectivity index (χ4v) is 3.59. The maximum atomic E-state index is 13.1. The number of rotatable bonds is 3. The molecule has 0 fully saturated rings. The van der Waals surface area contributed by atoms with E-state index in [4.69, 9.17) is 0 Å². The fraction of sp³-hybridized carbons (Fsp3) is 0.120. The Kier molecular flexibility index (Phi) is 5.74. The minimum atomic E-state index is -0.745. The lowest BCUT2D eigenvalue weighted by atomic mass is 9.99. The third-order valence-corrected chi connectivity index (χ3v) is 5.36. The maximum absolute atomic E-state index is 13.1. The number of pyridine rings is 2. The smallest absolute Gasteiger partial charge is 0.311 e. The first kappa shape index (κ1) is 21.9. The van der Waals surface area contributed by atoms with Gasteiger partial charge in [-0.1, -0.05) is 6.07 Å². The van der Waals surface area contributed by atoms with Gasteiger partial charge in [0.2, 0.25) is 0 Å². The Hall–Kier alpha value is -4.33. The highest BCUT2D eigenvalue weighted by Gasteiger charge is 2.14. The van der Waals surface area contributed by atoms with Gasteiger partial charge in [-0.05, 0) is 73.5 Å². The molecule has 0 aliphatic heterocycles. The van der Waals surface area contributed by atoms with Crippen LogP contribution in [0.4, 0.5) is 14.9 Å². The third kappa shape index (κ3) is 4.50. The van der Waals surface area contributed by atoms with Gasteiger partial charge >= 0.3 is 6.03 Å². The SMILES string of the molecule is Cc1cc2c(cn1)cc(-c1cc(NC(=O)NC(=O)c3ccc(F)cc3)ccc1C)c(=O)n2C. The number of fused-ring (bicyclic) bond motifs is 1. The number of amides is 3. The Morgan fingerprint density at radius 2 is 1.70 bits per heavy atom. The summed E-state index contributed by atoms with van der Waals surface area (Å²) in [6.07, 6.45) is 1.72. The molecule has 2 heterocycles. The number of urea groups is 1. The van der Waals surface area contributed by atoms with Gasteiger partial charge in [-0.3, -0.25) is 19.9 Å². The zero-order chi connectivity index (χ0) is 23.7. The molecule has 3 amide bonds. The Morgan fingerprint density at radius 3 is 2.42 bits per heavy atom. The minimum Gasteiger partial charge on any atom is -0.311 e. The van der Waals surface area contributed by atoms with Crippen LogP contribution in [0.25, 0.3) is 22.0 Å². The van der Waals surface area contributed by atoms with E-state index >= 15 is 0 Å². The molecule has 0 saturated heterocycles. The molecule has 0 aliphatic rings. The zero-order valence-electron chi connectivity index (χ0n) is 18.3. The summed E-state index contributed by atoms with van der Waals surface area (Å²) in [6, 6.07) is 12.9. The van der Waals surface area contributed by atoms with Crippen molar-refractivity contribution in [1.82, 2.24) is 14.9 Å². The second-order valence-corrected chi connectivity index (χ2v) is 7.75. The Morgan fingerprint density at radius 1 is 0.970 bits per heavy atom. The van der Waals surface area contributed by atoms with Gasteiger partial charge in [0.15, 0.2) is 0 Å². The van der Waals surface area contributed by atoms with Crippen molar-refractivity contribution in [2.45, 2.75) is 13.8 Å². The number of carbonyl (C=O) groups is 2. The van der Waals surface area contributed by atoms with E-state index < -0.39 is 17.8 Å². The largest absolute Gasteiger partial charge is 0.326 e. The van der Waals surface area contributed by atoms with Crippen molar-refractivity contribution in [3.8, 4) is 11.1 Å². The number of aromatic nitrogens is 2. The van der Waals surface area contributed by atoms with Crippen molar-refractivity contribution in [2.75, 3.05) is 5.32 Å². The average molecular weight is 444 g/mol. The predicted molar refractivity (Wildman–Crippen MR) is 125 cm³/mol. The van der Waals surface area contributed by atoms with Gasteiger partial charge in [-0.2, -0.15) is 0 Å². The molecule has 33 heavy (non-hydrogen) atoms. The van der Waals surface area contributed by atoms with Crippen LogP contribution in [0.5, 0.6) is 0 Å². The summed E-state index contributed by atoms with van der Waals surface area (Å²) in [6.45, 7) is 3.73. The number of hydrogen-bond donors (Lipinski definition) is 2. The molecule has 0 saturated carbocycles. The monoisotopic (exact) mass is 444 g/mol. The third-order valence-electron chi connectivity index (χ3n) is 5.36. The van der Waals surface area contributed by atoms with Crippen molar-refractivity contribution in [1.29, 1.82) is 0 Å². The first-order chi connectivity index (χ1) is 15.7. The van der Waals surface area contributed by atoms with E-state index in [0.29, 0.717) is 16.8 Å². The lowest BCUT2D eigenvalue weighted by Crippen LogP contribution is -2.34. The number of anilines is 1. The molecule has 4 rings (SSSR count). The number of aryl methyl sites for hydroxylation is 3. The van der Waals surface area contributed by atoms with Crippen molar-refractivity contribution in [3.05, 3.63) is 93.8 Å². The Balaban J connectivity index is 1.62. The highest BCUT2D eigenvalue weighted by Crippen LogP contribution is 2.27. The summed E-state index contributed by atoms with van der Waals surface area (Å²) in [5, 5.41) is 5.62. The van der Waals surface area contributed by atoms with Gasteiger partial charge in [0.1, 0.15) is 5.82 Å². The second-order valence-electron chi connectivity index (χ2n) is 7.75. The Bertz CT molecular complexity index is 1460. The van der Waals surface area contributed by atoms with E-state index in [1.165, 1.54) is 12.1 Å². The quantitative estimate of drug-likeness (QED) is 0.492. The van der Waals surface area contributed by atoms with E-state index in [1.54, 1.807) is 42.1 Å². The van der Waals surface area contributed by atoms with Crippen LogP contribution in [0.2, 0.25) is 0 Å². The van der Waals surface area contributed by atoms with Crippen LogP contribution in [0.3, 0.4) is 0 Å². The minimum absolute atomic E-state index is 0.152. The highest BCUT2D eigenvalue weighted by molar-refractivity contribution is 6.08. The second kappa shape index (κ2) is 8.66. The number of hydrogen-bond acceptors (Lipinski definition) is 4. The van der Waals surface area contributed by atoms with Crippen molar-refractivity contribution >= 4 is 28.5 Å². The summed E-state index contributed by atoms with van der Waals surface area (Å²) in [7, 11) is 1.71. The van der Waals surface area contributed by atoms with Crippen LogP contribution in [0.1, 0.15) is 21.6 Å². The summed E-state index contributed by atoms with van der Waals surface area (Å²) in [5.41, 5.74) is 3.95. The van der Waals surface area contributed by atoms with E-state index in [-0.39, 0.29) is 11.1 Å². The van der Waals surface area contributed by atoms with Crippen LogP contribution in [0, 0.1) is 19.7 Å². The number of halogens is 1. The van der Waals surface area contributed by atoms with Gasteiger partial charge in [0, 0.05) is 41.1 Å². The highest BCUT2D eigenvalue weighted by atomic mass is 19.1. The first-order valence-corrected chi connectivity index (χ1v) is 10.2. The van der Waals surface area contributed by atoms with E-state index in [9.17, 15) is 18.8 Å². The number of nitrogens with zero attached hydrogens (tertiary/aromatic N) is 2. The van der Waals surface area contributed by atoms with Crippen LogP contribution in [0.15, 0.2) is 65.6 Å². The molecule has 8 heteroatoms.